The van der Waals surface area contributed by atoms with Crippen molar-refractivity contribution in [2.45, 2.75) is 69.6 Å². The minimum Gasteiger partial charge on any atom is -0.496 e. The molecule has 2 N–H and O–H groups in total. The van der Waals surface area contributed by atoms with Crippen LogP contribution in [0.2, 0.25) is 0 Å². The van der Waals surface area contributed by atoms with Crippen molar-refractivity contribution in [3.63, 3.8) is 0 Å². The topological polar surface area (TPSA) is 97.0 Å². The second-order valence-corrected chi connectivity index (χ2v) is 10.2. The van der Waals surface area contributed by atoms with Crippen LogP contribution < -0.4 is 20.1 Å². The number of hydrogen-bond acceptors (Lipinski definition) is 6. The van der Waals surface area contributed by atoms with Crippen LogP contribution in [0.3, 0.4) is 0 Å². The molecule has 1 aliphatic carbocycles. The molecule has 0 bridgehead atoms. The van der Waals surface area contributed by atoms with E-state index in [2.05, 4.69) is 22.8 Å². The van der Waals surface area contributed by atoms with Crippen LogP contribution in [0, 0.1) is 0 Å². The second kappa shape index (κ2) is 11.3. The Kier molecular flexibility index (Phi) is 7.74. The van der Waals surface area contributed by atoms with E-state index in [-0.39, 0.29) is 30.2 Å². The highest BCUT2D eigenvalue weighted by Gasteiger charge is 2.39. The lowest BCUT2D eigenvalue weighted by Crippen LogP contribution is -2.52. The van der Waals surface area contributed by atoms with Gasteiger partial charge >= 0.3 is 0 Å². The third-order valence-corrected chi connectivity index (χ3v) is 7.71. The predicted molar refractivity (Wildman–Crippen MR) is 139 cm³/mol. The smallest absolute Gasteiger partial charge is 0.255 e. The zero-order valence-electron chi connectivity index (χ0n) is 21.3. The highest BCUT2D eigenvalue weighted by atomic mass is 16.5. The molecule has 0 spiro atoms. The van der Waals surface area contributed by atoms with E-state index in [1.54, 1.807) is 18.1 Å². The molecular formula is C29H35N3O5. The number of hydrogen-bond donors (Lipinski definition) is 2. The number of benzene rings is 2. The molecule has 2 aromatic rings. The Hall–Kier alpha value is -3.39. The van der Waals surface area contributed by atoms with Crippen LogP contribution in [0.25, 0.3) is 0 Å². The number of carbonyl (C=O) groups excluding carboxylic acids is 3. The van der Waals surface area contributed by atoms with Gasteiger partial charge in [-0.2, -0.15) is 0 Å². The van der Waals surface area contributed by atoms with Crippen LogP contribution in [0.5, 0.6) is 11.5 Å². The van der Waals surface area contributed by atoms with Crippen LogP contribution in [0.1, 0.15) is 72.3 Å². The van der Waals surface area contributed by atoms with Gasteiger partial charge in [-0.25, -0.2) is 0 Å². The standard InChI is InChI=1S/C19H22N2O4.C10H13NO/c22-17-9-8-16(18(23)20-17)21-11-12-10-14(6-7-15(12)19(21)24)25-13-4-2-1-3-5-13;1-12-10-5-3-2-4-9(10)8-6-11-7-8/h6-7,10,13,16H,1-5,8-9,11H2,(H,20,22,23);2-5,8,11H,6-7H2,1H3. The highest BCUT2D eigenvalue weighted by Crippen LogP contribution is 2.32. The summed E-state index contributed by atoms with van der Waals surface area (Å²) in [6.07, 6.45) is 6.77. The molecule has 1 unspecified atom stereocenters. The molecule has 196 valence electrons. The Labute approximate surface area is 217 Å². The van der Waals surface area contributed by atoms with Gasteiger partial charge in [0.15, 0.2) is 0 Å². The Morgan fingerprint density at radius 2 is 1.73 bits per heavy atom. The molecule has 2 aromatic carbocycles. The maximum Gasteiger partial charge on any atom is 0.255 e. The number of piperidine rings is 1. The summed E-state index contributed by atoms with van der Waals surface area (Å²) in [6.45, 7) is 2.56. The number of imide groups is 1. The molecule has 2 saturated heterocycles. The van der Waals surface area contributed by atoms with Crippen molar-refractivity contribution in [1.82, 2.24) is 15.5 Å². The molecule has 37 heavy (non-hydrogen) atoms. The van der Waals surface area contributed by atoms with E-state index >= 15 is 0 Å². The van der Waals surface area contributed by atoms with E-state index in [9.17, 15) is 14.4 Å². The van der Waals surface area contributed by atoms with E-state index in [4.69, 9.17) is 9.47 Å². The number of para-hydroxylation sites is 1. The molecule has 3 amide bonds. The van der Waals surface area contributed by atoms with Crippen molar-refractivity contribution < 1.29 is 23.9 Å². The number of carbonyl (C=O) groups is 3. The van der Waals surface area contributed by atoms with Crippen molar-refractivity contribution in [2.75, 3.05) is 20.2 Å². The quantitative estimate of drug-likeness (QED) is 0.604. The average Bonchev–Trinajstić information content (AvgIpc) is 3.20. The van der Waals surface area contributed by atoms with E-state index in [0.29, 0.717) is 24.4 Å². The summed E-state index contributed by atoms with van der Waals surface area (Å²) < 4.78 is 11.4. The van der Waals surface area contributed by atoms with E-state index in [1.165, 1.54) is 24.8 Å². The normalized spacial score (nSPS) is 21.9. The fourth-order valence-electron chi connectivity index (χ4n) is 5.51. The fourth-order valence-corrected chi connectivity index (χ4v) is 5.51. The van der Waals surface area contributed by atoms with Crippen molar-refractivity contribution in [3.8, 4) is 11.5 Å². The highest BCUT2D eigenvalue weighted by molar-refractivity contribution is 6.05. The first-order valence-electron chi connectivity index (χ1n) is 13.3. The minimum atomic E-state index is -0.569. The van der Waals surface area contributed by atoms with Crippen molar-refractivity contribution >= 4 is 17.7 Å². The largest absolute Gasteiger partial charge is 0.496 e. The van der Waals surface area contributed by atoms with Crippen LogP contribution in [0.4, 0.5) is 0 Å². The molecule has 0 radical (unpaired) electrons. The molecule has 1 saturated carbocycles. The maximum absolute atomic E-state index is 12.6. The van der Waals surface area contributed by atoms with E-state index in [0.717, 1.165) is 43.0 Å². The van der Waals surface area contributed by atoms with Gasteiger partial charge < -0.3 is 19.7 Å². The molecule has 8 heteroatoms. The lowest BCUT2D eigenvalue weighted by atomic mass is 9.93. The lowest BCUT2D eigenvalue weighted by Gasteiger charge is -2.29. The van der Waals surface area contributed by atoms with Crippen LogP contribution >= 0.6 is 0 Å². The van der Waals surface area contributed by atoms with E-state index in [1.807, 2.05) is 24.3 Å². The number of nitrogens with zero attached hydrogens (tertiary/aromatic N) is 1. The van der Waals surface area contributed by atoms with Crippen LogP contribution in [0.15, 0.2) is 42.5 Å². The van der Waals surface area contributed by atoms with Crippen molar-refractivity contribution in [3.05, 3.63) is 59.2 Å². The Balaban J connectivity index is 0.000000195. The molecule has 3 aliphatic heterocycles. The predicted octanol–water partition coefficient (Wildman–Crippen LogP) is 3.54. The van der Waals surface area contributed by atoms with Gasteiger partial charge in [-0.1, -0.05) is 24.6 Å². The average molecular weight is 506 g/mol. The lowest BCUT2D eigenvalue weighted by molar-refractivity contribution is -0.136. The molecule has 1 atom stereocenters. The molecule has 8 nitrogen and oxygen atoms in total. The van der Waals surface area contributed by atoms with Gasteiger partial charge in [0, 0.05) is 37.5 Å². The third kappa shape index (κ3) is 5.64. The van der Waals surface area contributed by atoms with Gasteiger partial charge in [0.2, 0.25) is 11.8 Å². The van der Waals surface area contributed by atoms with Crippen LogP contribution in [-0.4, -0.2) is 55.0 Å². The Bertz CT molecular complexity index is 1160. The number of rotatable bonds is 5. The summed E-state index contributed by atoms with van der Waals surface area (Å²) in [4.78, 5) is 37.6. The van der Waals surface area contributed by atoms with Gasteiger partial charge in [-0.3, -0.25) is 19.7 Å². The first kappa shape index (κ1) is 25.3. The van der Waals surface area contributed by atoms with Crippen molar-refractivity contribution in [2.24, 2.45) is 0 Å². The molecular weight excluding hydrogens is 470 g/mol. The van der Waals surface area contributed by atoms with Gasteiger partial charge in [0.1, 0.15) is 17.5 Å². The monoisotopic (exact) mass is 505 g/mol. The zero-order chi connectivity index (χ0) is 25.8. The van der Waals surface area contributed by atoms with Crippen molar-refractivity contribution in [1.29, 1.82) is 0 Å². The second-order valence-electron chi connectivity index (χ2n) is 10.2. The first-order valence-corrected chi connectivity index (χ1v) is 13.3. The fraction of sp³-hybridized carbons (Fsp3) is 0.483. The zero-order valence-corrected chi connectivity index (χ0v) is 21.3. The molecule has 3 fully saturated rings. The number of amides is 3. The summed E-state index contributed by atoms with van der Waals surface area (Å²) in [5.74, 6) is 1.67. The van der Waals surface area contributed by atoms with Gasteiger partial charge in [-0.15, -0.1) is 0 Å². The number of ether oxygens (including phenoxy) is 2. The van der Waals surface area contributed by atoms with E-state index < -0.39 is 6.04 Å². The van der Waals surface area contributed by atoms with Crippen LogP contribution in [-0.2, 0) is 16.1 Å². The Morgan fingerprint density at radius 3 is 2.43 bits per heavy atom. The SMILES string of the molecule is COc1ccccc1C1CNC1.O=C1CCC(N2Cc3cc(OC4CCCCC4)ccc3C2=O)C(=O)N1. The summed E-state index contributed by atoms with van der Waals surface area (Å²) in [7, 11) is 1.73. The third-order valence-electron chi connectivity index (χ3n) is 7.71. The number of nitrogens with one attached hydrogen (secondary N) is 2. The summed E-state index contributed by atoms with van der Waals surface area (Å²) in [5, 5.41) is 5.58. The number of fused-ring (bicyclic) bond motifs is 1. The first-order chi connectivity index (χ1) is 18.0. The molecule has 6 rings (SSSR count). The summed E-state index contributed by atoms with van der Waals surface area (Å²) in [6, 6.07) is 13.2. The Morgan fingerprint density at radius 1 is 0.946 bits per heavy atom. The molecule has 0 aromatic heterocycles. The summed E-state index contributed by atoms with van der Waals surface area (Å²) >= 11 is 0. The minimum absolute atomic E-state index is 0.145. The van der Waals surface area contributed by atoms with Gasteiger partial charge in [-0.05, 0) is 67.5 Å². The maximum atomic E-state index is 12.6. The van der Waals surface area contributed by atoms with Gasteiger partial charge in [0.25, 0.3) is 5.91 Å². The summed E-state index contributed by atoms with van der Waals surface area (Å²) in [5.41, 5.74) is 2.85. The molecule has 4 aliphatic rings. The molecule has 3 heterocycles. The van der Waals surface area contributed by atoms with Gasteiger partial charge in [0.05, 0.1) is 13.2 Å². The number of methoxy groups -OCH3 is 1.